The maximum atomic E-state index is 12.6. The molecule has 2 unspecified atom stereocenters. The predicted octanol–water partition coefficient (Wildman–Crippen LogP) is 1.54. The second-order valence-electron chi connectivity index (χ2n) is 5.96. The topological polar surface area (TPSA) is 92.1 Å². The highest BCUT2D eigenvalue weighted by molar-refractivity contribution is 5.95. The highest BCUT2D eigenvalue weighted by Gasteiger charge is 2.28. The van der Waals surface area contributed by atoms with Crippen LogP contribution in [0.25, 0.3) is 10.9 Å². The molecule has 1 aromatic carbocycles. The average Bonchev–Trinajstić information content (AvgIpc) is 2.55. The van der Waals surface area contributed by atoms with E-state index in [0.29, 0.717) is 24.0 Å². The molecule has 1 aliphatic heterocycles. The van der Waals surface area contributed by atoms with E-state index in [4.69, 9.17) is 5.73 Å². The standard InChI is InChI=1S/C16H20N4O2.ClH/c1-10(17)11-5-4-8-20(9-11)16(22)14-15(21)12-6-2-3-7-13(12)18-19-14;/h2-3,6-7,10-11H,4-5,8-9,17H2,1H3,(H,18,21);1H. The monoisotopic (exact) mass is 336 g/mol. The summed E-state index contributed by atoms with van der Waals surface area (Å²) in [5.41, 5.74) is 6.23. The molecule has 6 nitrogen and oxygen atoms in total. The number of piperidine rings is 1. The number of aromatic nitrogens is 2. The molecule has 0 spiro atoms. The number of nitrogens with two attached hydrogens (primary N) is 1. The van der Waals surface area contributed by atoms with Gasteiger partial charge in [0.25, 0.3) is 5.91 Å². The SMILES string of the molecule is CC(N)C1CCCN(C(=O)c2n[nH]c3ccccc3c2=O)C1.Cl. The van der Waals surface area contributed by atoms with E-state index < -0.39 is 0 Å². The van der Waals surface area contributed by atoms with Crippen LogP contribution in [0.4, 0.5) is 0 Å². The van der Waals surface area contributed by atoms with Crippen LogP contribution >= 0.6 is 12.4 Å². The Balaban J connectivity index is 0.00000192. The van der Waals surface area contributed by atoms with Crippen molar-refractivity contribution >= 4 is 29.2 Å². The number of rotatable bonds is 2. The van der Waals surface area contributed by atoms with Gasteiger partial charge in [-0.15, -0.1) is 12.4 Å². The summed E-state index contributed by atoms with van der Waals surface area (Å²) >= 11 is 0. The molecule has 2 atom stereocenters. The lowest BCUT2D eigenvalue weighted by Crippen LogP contribution is -2.46. The van der Waals surface area contributed by atoms with Crippen molar-refractivity contribution < 1.29 is 4.79 Å². The van der Waals surface area contributed by atoms with Gasteiger partial charge in [-0.3, -0.25) is 14.7 Å². The summed E-state index contributed by atoms with van der Waals surface area (Å²) in [5, 5.41) is 7.27. The van der Waals surface area contributed by atoms with Gasteiger partial charge in [0.2, 0.25) is 5.43 Å². The van der Waals surface area contributed by atoms with Crippen molar-refractivity contribution in [3.63, 3.8) is 0 Å². The Bertz CT molecular complexity index is 759. The van der Waals surface area contributed by atoms with E-state index >= 15 is 0 Å². The maximum absolute atomic E-state index is 12.6. The van der Waals surface area contributed by atoms with Gasteiger partial charge in [0.05, 0.1) is 5.52 Å². The summed E-state index contributed by atoms with van der Waals surface area (Å²) in [5.74, 6) is -0.0328. The van der Waals surface area contributed by atoms with Crippen LogP contribution in [0.1, 0.15) is 30.3 Å². The van der Waals surface area contributed by atoms with Gasteiger partial charge in [-0.1, -0.05) is 12.1 Å². The first kappa shape index (κ1) is 17.4. The highest BCUT2D eigenvalue weighted by Crippen LogP contribution is 2.19. The second kappa shape index (κ2) is 7.10. The van der Waals surface area contributed by atoms with E-state index in [0.717, 1.165) is 12.8 Å². The number of H-pyrrole nitrogens is 1. The van der Waals surface area contributed by atoms with Crippen LogP contribution in [0.5, 0.6) is 0 Å². The Morgan fingerprint density at radius 2 is 2.17 bits per heavy atom. The van der Waals surface area contributed by atoms with Crippen molar-refractivity contribution in [2.45, 2.75) is 25.8 Å². The number of amides is 1. The van der Waals surface area contributed by atoms with Crippen LogP contribution in [0.3, 0.4) is 0 Å². The smallest absolute Gasteiger partial charge is 0.278 e. The molecule has 0 radical (unpaired) electrons. The minimum absolute atomic E-state index is 0. The first-order chi connectivity index (χ1) is 10.6. The van der Waals surface area contributed by atoms with Crippen LogP contribution in [-0.2, 0) is 0 Å². The number of likely N-dealkylation sites (tertiary alicyclic amines) is 1. The molecule has 0 saturated carbocycles. The van der Waals surface area contributed by atoms with Crippen molar-refractivity contribution in [2.75, 3.05) is 13.1 Å². The number of nitrogens with one attached hydrogen (secondary N) is 1. The van der Waals surface area contributed by atoms with Crippen molar-refractivity contribution in [1.29, 1.82) is 0 Å². The molecule has 2 aromatic rings. The molecular weight excluding hydrogens is 316 g/mol. The van der Waals surface area contributed by atoms with E-state index in [2.05, 4.69) is 10.2 Å². The fraction of sp³-hybridized carbons (Fsp3) is 0.438. The fourth-order valence-corrected chi connectivity index (χ4v) is 2.99. The zero-order valence-electron chi connectivity index (χ0n) is 13.0. The van der Waals surface area contributed by atoms with Gasteiger partial charge < -0.3 is 10.6 Å². The van der Waals surface area contributed by atoms with Gasteiger partial charge in [-0.2, -0.15) is 5.10 Å². The third-order valence-corrected chi connectivity index (χ3v) is 4.37. The van der Waals surface area contributed by atoms with Crippen LogP contribution < -0.4 is 11.2 Å². The minimum atomic E-state index is -0.317. The molecular formula is C16H21ClN4O2. The van der Waals surface area contributed by atoms with Crippen molar-refractivity contribution in [3.8, 4) is 0 Å². The molecule has 0 aliphatic carbocycles. The highest BCUT2D eigenvalue weighted by atomic mass is 35.5. The Kier molecular flexibility index (Phi) is 5.38. The van der Waals surface area contributed by atoms with Gasteiger partial charge in [-0.05, 0) is 37.8 Å². The van der Waals surface area contributed by atoms with Gasteiger partial charge in [0.1, 0.15) is 0 Å². The summed E-state index contributed by atoms with van der Waals surface area (Å²) in [4.78, 5) is 26.8. The minimum Gasteiger partial charge on any atom is -0.337 e. The predicted molar refractivity (Wildman–Crippen MR) is 91.9 cm³/mol. The van der Waals surface area contributed by atoms with E-state index in [1.165, 1.54) is 0 Å². The number of para-hydroxylation sites is 1. The van der Waals surface area contributed by atoms with Gasteiger partial charge >= 0.3 is 0 Å². The number of benzene rings is 1. The Morgan fingerprint density at radius 1 is 1.43 bits per heavy atom. The number of hydrogen-bond acceptors (Lipinski definition) is 4. The fourth-order valence-electron chi connectivity index (χ4n) is 2.99. The molecule has 3 rings (SSSR count). The summed E-state index contributed by atoms with van der Waals surface area (Å²) in [6, 6.07) is 7.11. The molecule has 23 heavy (non-hydrogen) atoms. The zero-order valence-corrected chi connectivity index (χ0v) is 13.8. The van der Waals surface area contributed by atoms with Gasteiger partial charge in [0, 0.05) is 24.5 Å². The Morgan fingerprint density at radius 3 is 2.91 bits per heavy atom. The van der Waals surface area contributed by atoms with Crippen molar-refractivity contribution in [1.82, 2.24) is 15.1 Å². The zero-order chi connectivity index (χ0) is 15.7. The molecule has 2 heterocycles. The quantitative estimate of drug-likeness (QED) is 0.870. The molecule has 1 amide bonds. The number of aromatic amines is 1. The van der Waals surface area contributed by atoms with Crippen LogP contribution in [0, 0.1) is 5.92 Å². The molecule has 1 saturated heterocycles. The van der Waals surface area contributed by atoms with Gasteiger partial charge in [0.15, 0.2) is 5.69 Å². The molecule has 124 valence electrons. The second-order valence-corrected chi connectivity index (χ2v) is 5.96. The summed E-state index contributed by atoms with van der Waals surface area (Å²) in [7, 11) is 0. The van der Waals surface area contributed by atoms with E-state index in [1.807, 2.05) is 13.0 Å². The molecule has 1 aliphatic rings. The summed E-state index contributed by atoms with van der Waals surface area (Å²) < 4.78 is 0. The summed E-state index contributed by atoms with van der Waals surface area (Å²) in [6.07, 6.45) is 1.92. The number of halogens is 1. The first-order valence-electron chi connectivity index (χ1n) is 7.60. The number of fused-ring (bicyclic) bond motifs is 1. The van der Waals surface area contributed by atoms with E-state index in [-0.39, 0.29) is 41.4 Å². The number of carbonyl (C=O) groups is 1. The lowest BCUT2D eigenvalue weighted by molar-refractivity contribution is 0.0652. The lowest BCUT2D eigenvalue weighted by atomic mass is 9.92. The third kappa shape index (κ3) is 3.38. The van der Waals surface area contributed by atoms with Crippen molar-refractivity contribution in [3.05, 3.63) is 40.2 Å². The molecule has 3 N–H and O–H groups in total. The maximum Gasteiger partial charge on any atom is 0.278 e. The molecule has 0 bridgehead atoms. The lowest BCUT2D eigenvalue weighted by Gasteiger charge is -2.34. The van der Waals surface area contributed by atoms with E-state index in [9.17, 15) is 9.59 Å². The first-order valence-corrected chi connectivity index (χ1v) is 7.60. The average molecular weight is 337 g/mol. The summed E-state index contributed by atoms with van der Waals surface area (Å²) in [6.45, 7) is 3.19. The largest absolute Gasteiger partial charge is 0.337 e. The van der Waals surface area contributed by atoms with E-state index in [1.54, 1.807) is 23.1 Å². The molecule has 7 heteroatoms. The van der Waals surface area contributed by atoms with Gasteiger partial charge in [-0.25, -0.2) is 0 Å². The van der Waals surface area contributed by atoms with Crippen molar-refractivity contribution in [2.24, 2.45) is 11.7 Å². The van der Waals surface area contributed by atoms with Crippen LogP contribution in [0.2, 0.25) is 0 Å². The Hall–Kier alpha value is -1.92. The third-order valence-electron chi connectivity index (χ3n) is 4.37. The number of carbonyl (C=O) groups excluding carboxylic acids is 1. The Labute approximate surface area is 140 Å². The number of nitrogens with zero attached hydrogens (tertiary/aromatic N) is 2. The number of hydrogen-bond donors (Lipinski definition) is 2. The van der Waals surface area contributed by atoms with Crippen LogP contribution in [-0.4, -0.2) is 40.1 Å². The molecule has 1 fully saturated rings. The van der Waals surface area contributed by atoms with Crippen LogP contribution in [0.15, 0.2) is 29.1 Å². The molecule has 1 aromatic heterocycles. The normalized spacial score (nSPS) is 19.2.